The summed E-state index contributed by atoms with van der Waals surface area (Å²) in [6.45, 7) is 4.58. The van der Waals surface area contributed by atoms with Crippen LogP contribution in [0.25, 0.3) is 11.0 Å². The molecule has 1 fully saturated rings. The number of pyridine rings is 1. The van der Waals surface area contributed by atoms with Crippen LogP contribution in [-0.4, -0.2) is 46.5 Å². The number of sulfonamides is 1. The number of carbonyl (C=O) groups excluding carboxylic acids is 1. The van der Waals surface area contributed by atoms with Gasteiger partial charge in [-0.3, -0.25) is 9.48 Å². The van der Waals surface area contributed by atoms with E-state index in [-0.39, 0.29) is 15.8 Å². The molecule has 0 aliphatic carbocycles. The van der Waals surface area contributed by atoms with Crippen LogP contribution in [0, 0.1) is 13.8 Å². The highest BCUT2D eigenvalue weighted by Crippen LogP contribution is 2.30. The number of aromatic nitrogens is 3. The van der Waals surface area contributed by atoms with E-state index in [1.165, 1.54) is 16.4 Å². The fourth-order valence-electron chi connectivity index (χ4n) is 3.79. The van der Waals surface area contributed by atoms with Gasteiger partial charge in [0.2, 0.25) is 10.0 Å². The smallest absolute Gasteiger partial charge is 0.256 e. The summed E-state index contributed by atoms with van der Waals surface area (Å²) in [5.41, 5.74) is 2.78. The van der Waals surface area contributed by atoms with Crippen LogP contribution in [-0.2, 0) is 17.1 Å². The maximum Gasteiger partial charge on any atom is 0.256 e. The summed E-state index contributed by atoms with van der Waals surface area (Å²) in [5.74, 6) is -0.367. The second-order valence-electron chi connectivity index (χ2n) is 7.43. The monoisotopic (exact) mass is 447 g/mol. The van der Waals surface area contributed by atoms with Crippen molar-refractivity contribution in [1.29, 1.82) is 0 Å². The summed E-state index contributed by atoms with van der Waals surface area (Å²) in [7, 11) is -1.93. The van der Waals surface area contributed by atoms with Gasteiger partial charge in [0.15, 0.2) is 5.65 Å². The number of hydrogen-bond acceptors (Lipinski definition) is 5. The van der Waals surface area contributed by atoms with Gasteiger partial charge in [-0.05, 0) is 51.0 Å². The zero-order valence-corrected chi connectivity index (χ0v) is 18.5. The lowest BCUT2D eigenvalue weighted by Crippen LogP contribution is -2.28. The van der Waals surface area contributed by atoms with Gasteiger partial charge in [-0.1, -0.05) is 11.6 Å². The van der Waals surface area contributed by atoms with Crippen LogP contribution in [0.2, 0.25) is 5.02 Å². The van der Waals surface area contributed by atoms with E-state index < -0.39 is 10.0 Å². The minimum absolute atomic E-state index is 0.00233. The maximum atomic E-state index is 13.1. The molecule has 1 N–H and O–H groups in total. The van der Waals surface area contributed by atoms with E-state index in [0.29, 0.717) is 46.8 Å². The molecular formula is C20H22ClN5O3S. The van der Waals surface area contributed by atoms with Crippen LogP contribution >= 0.6 is 11.6 Å². The second-order valence-corrected chi connectivity index (χ2v) is 9.74. The second kappa shape index (κ2) is 7.64. The standard InChI is InChI=1S/C20H22ClN5O3S/c1-12-10-15(18-13(2)24-25(3)19(18)22-12)20(27)23-14-6-7-16(21)17(11-14)30(28,29)26-8-4-5-9-26/h6-7,10-11H,4-5,8-9H2,1-3H3,(H,23,27). The van der Waals surface area contributed by atoms with Crippen molar-refractivity contribution >= 4 is 44.3 Å². The largest absolute Gasteiger partial charge is 0.322 e. The predicted octanol–water partition coefficient (Wildman–Crippen LogP) is 3.28. The van der Waals surface area contributed by atoms with Crippen molar-refractivity contribution in [3.63, 3.8) is 0 Å². The Kier molecular flexibility index (Phi) is 5.29. The van der Waals surface area contributed by atoms with Gasteiger partial charge in [0.25, 0.3) is 5.91 Å². The topological polar surface area (TPSA) is 97.2 Å². The first kappa shape index (κ1) is 20.8. The number of anilines is 1. The number of nitrogens with one attached hydrogen (secondary N) is 1. The van der Waals surface area contributed by atoms with E-state index >= 15 is 0 Å². The molecule has 2 aromatic heterocycles. The fourth-order valence-corrected chi connectivity index (χ4v) is 5.81. The van der Waals surface area contributed by atoms with Crippen molar-refractivity contribution in [3.05, 3.63) is 46.2 Å². The molecule has 158 valence electrons. The van der Waals surface area contributed by atoms with Gasteiger partial charge in [-0.25, -0.2) is 13.4 Å². The van der Waals surface area contributed by atoms with Crippen LogP contribution < -0.4 is 5.32 Å². The molecule has 0 radical (unpaired) electrons. The molecule has 30 heavy (non-hydrogen) atoms. The van der Waals surface area contributed by atoms with Crippen molar-refractivity contribution in [1.82, 2.24) is 19.1 Å². The number of halogens is 1. The third-order valence-electron chi connectivity index (χ3n) is 5.21. The van der Waals surface area contributed by atoms with Gasteiger partial charge < -0.3 is 5.32 Å². The molecule has 0 atom stereocenters. The van der Waals surface area contributed by atoms with Gasteiger partial charge >= 0.3 is 0 Å². The van der Waals surface area contributed by atoms with Gasteiger partial charge in [0.1, 0.15) is 4.90 Å². The van der Waals surface area contributed by atoms with Crippen LogP contribution in [0.5, 0.6) is 0 Å². The molecule has 3 heterocycles. The molecule has 0 unspecified atom stereocenters. The van der Waals surface area contributed by atoms with Crippen LogP contribution in [0.15, 0.2) is 29.2 Å². The van der Waals surface area contributed by atoms with Crippen molar-refractivity contribution < 1.29 is 13.2 Å². The summed E-state index contributed by atoms with van der Waals surface area (Å²) >= 11 is 6.20. The van der Waals surface area contributed by atoms with E-state index in [9.17, 15) is 13.2 Å². The SMILES string of the molecule is Cc1cc(C(=O)Nc2ccc(Cl)c(S(=O)(=O)N3CCCC3)c2)c2c(C)nn(C)c2n1. The van der Waals surface area contributed by atoms with Crippen molar-refractivity contribution in [2.24, 2.45) is 7.05 Å². The van der Waals surface area contributed by atoms with E-state index in [4.69, 9.17) is 11.6 Å². The lowest BCUT2D eigenvalue weighted by molar-refractivity contribution is 0.102. The van der Waals surface area contributed by atoms with E-state index in [2.05, 4.69) is 15.4 Å². The highest BCUT2D eigenvalue weighted by molar-refractivity contribution is 7.89. The number of fused-ring (bicyclic) bond motifs is 1. The molecule has 0 bridgehead atoms. The number of amides is 1. The molecule has 3 aromatic rings. The number of nitrogens with zero attached hydrogens (tertiary/aromatic N) is 4. The lowest BCUT2D eigenvalue weighted by Gasteiger charge is -2.17. The van der Waals surface area contributed by atoms with Crippen LogP contribution in [0.1, 0.15) is 34.6 Å². The average molecular weight is 448 g/mol. The highest BCUT2D eigenvalue weighted by Gasteiger charge is 2.29. The van der Waals surface area contributed by atoms with E-state index in [1.807, 2.05) is 13.8 Å². The van der Waals surface area contributed by atoms with Crippen molar-refractivity contribution in [2.75, 3.05) is 18.4 Å². The predicted molar refractivity (Wildman–Crippen MR) is 115 cm³/mol. The molecule has 10 heteroatoms. The average Bonchev–Trinajstić information content (AvgIpc) is 3.32. The third kappa shape index (κ3) is 3.57. The Bertz CT molecular complexity index is 1260. The Labute approximate surface area is 179 Å². The Hall–Kier alpha value is -2.49. The summed E-state index contributed by atoms with van der Waals surface area (Å²) in [4.78, 5) is 17.5. The van der Waals surface area contributed by atoms with Crippen LogP contribution in [0.3, 0.4) is 0 Å². The molecule has 0 saturated carbocycles. The molecule has 1 aliphatic rings. The van der Waals surface area contributed by atoms with Gasteiger partial charge in [-0.2, -0.15) is 9.40 Å². The number of aryl methyl sites for hydroxylation is 3. The number of hydrogen-bond donors (Lipinski definition) is 1. The highest BCUT2D eigenvalue weighted by atomic mass is 35.5. The fraction of sp³-hybridized carbons (Fsp3) is 0.350. The first-order valence-corrected chi connectivity index (χ1v) is 11.4. The van der Waals surface area contributed by atoms with Crippen molar-refractivity contribution in [2.45, 2.75) is 31.6 Å². The first-order chi connectivity index (χ1) is 14.2. The zero-order valence-electron chi connectivity index (χ0n) is 16.9. The molecule has 1 aromatic carbocycles. The minimum atomic E-state index is -3.71. The van der Waals surface area contributed by atoms with Gasteiger partial charge in [0, 0.05) is 31.5 Å². The minimum Gasteiger partial charge on any atom is -0.322 e. The molecule has 0 spiro atoms. The van der Waals surface area contributed by atoms with Crippen LogP contribution in [0.4, 0.5) is 5.69 Å². The normalized spacial score (nSPS) is 15.1. The summed E-state index contributed by atoms with van der Waals surface area (Å²) in [6.07, 6.45) is 1.66. The molecule has 4 rings (SSSR count). The van der Waals surface area contributed by atoms with E-state index in [0.717, 1.165) is 12.8 Å². The Balaban J connectivity index is 1.71. The van der Waals surface area contributed by atoms with Crippen molar-refractivity contribution in [3.8, 4) is 0 Å². The number of rotatable bonds is 4. The molecular weight excluding hydrogens is 426 g/mol. The van der Waals surface area contributed by atoms with E-state index in [1.54, 1.807) is 23.9 Å². The molecule has 1 amide bonds. The number of carbonyl (C=O) groups is 1. The Morgan fingerprint density at radius 3 is 2.57 bits per heavy atom. The van der Waals surface area contributed by atoms with Gasteiger partial charge in [-0.15, -0.1) is 0 Å². The molecule has 1 saturated heterocycles. The maximum absolute atomic E-state index is 13.1. The van der Waals surface area contributed by atoms with Gasteiger partial charge in [0.05, 0.1) is 21.7 Å². The summed E-state index contributed by atoms with van der Waals surface area (Å²) in [6, 6.07) is 6.19. The Morgan fingerprint density at radius 2 is 1.87 bits per heavy atom. The number of benzene rings is 1. The quantitative estimate of drug-likeness (QED) is 0.661. The third-order valence-corrected chi connectivity index (χ3v) is 7.59. The first-order valence-electron chi connectivity index (χ1n) is 9.60. The molecule has 8 nitrogen and oxygen atoms in total. The summed E-state index contributed by atoms with van der Waals surface area (Å²) < 4.78 is 28.9. The zero-order chi connectivity index (χ0) is 21.6. The Morgan fingerprint density at radius 1 is 1.17 bits per heavy atom. The molecule has 1 aliphatic heterocycles. The summed E-state index contributed by atoms with van der Waals surface area (Å²) in [5, 5.41) is 7.95. The lowest BCUT2D eigenvalue weighted by atomic mass is 10.1.